The summed E-state index contributed by atoms with van der Waals surface area (Å²) < 4.78 is 0. The second kappa shape index (κ2) is 12.6. The molecule has 4 rings (SSSR count). The maximum absolute atomic E-state index is 12.6. The zero-order valence-corrected chi connectivity index (χ0v) is 24.1. The molecule has 224 valence electrons. The Balaban J connectivity index is 1.51. The van der Waals surface area contributed by atoms with Crippen LogP contribution < -0.4 is 31.9 Å². The number of imide groups is 2. The van der Waals surface area contributed by atoms with Crippen LogP contribution in [0.1, 0.15) is 36.1 Å². The number of carbonyl (C=O) groups excluding carboxylic acids is 8. The van der Waals surface area contributed by atoms with Gasteiger partial charge in [0.15, 0.2) is 12.1 Å². The van der Waals surface area contributed by atoms with Gasteiger partial charge >= 0.3 is 12.1 Å². The van der Waals surface area contributed by atoms with Gasteiger partial charge in [0.2, 0.25) is 0 Å². The van der Waals surface area contributed by atoms with Gasteiger partial charge in [-0.2, -0.15) is 0 Å². The van der Waals surface area contributed by atoms with Crippen molar-refractivity contribution >= 4 is 81.8 Å². The zero-order valence-electron chi connectivity index (χ0n) is 22.6. The molecule has 2 aliphatic rings. The second-order valence-corrected chi connectivity index (χ2v) is 10.3. The predicted octanol–water partition coefficient (Wildman–Crippen LogP) is 1.14. The van der Waals surface area contributed by atoms with Crippen molar-refractivity contribution in [2.75, 3.05) is 10.6 Å². The average Bonchev–Trinajstić information content (AvgIpc) is 3.48. The molecule has 43 heavy (non-hydrogen) atoms. The van der Waals surface area contributed by atoms with Crippen LogP contribution in [0, 0.1) is 0 Å². The number of Topliss-reactive ketones (excluding diaryl/α,β-unsaturated/α-hetero) is 2. The molecule has 2 atom stereocenters. The highest BCUT2D eigenvalue weighted by Crippen LogP contribution is 2.32. The number of hydrogen-bond acceptors (Lipinski definition) is 8. The third kappa shape index (κ3) is 6.65. The van der Waals surface area contributed by atoms with Gasteiger partial charge in [-0.25, -0.2) is 9.59 Å². The molecule has 8 amide bonds. The molecule has 2 aromatic rings. The Kier molecular flexibility index (Phi) is 9.11. The molecule has 0 saturated carbocycles. The Morgan fingerprint density at radius 3 is 1.72 bits per heavy atom. The fraction of sp³-hybridized carbons (Fsp3) is 0.259. The standard InChI is InChI=1S/C27H24Cl2N6O8/c1-3-11-9-16(30-24(40)20(36)18-22(38)34-26(42)32-18)14(28)8-13(11)6-10-5-12(4-2)17(15(29)7-10)31-25(41)21(37)19-23(39)35-27(43)33-19/h5,7-9,18-19H,3-4,6H2,1-2H3,(H,30,40)(H,31,41)(H2,32,34,38,42)(H2,33,35,39,43)/t18-,19+/m1/s1. The topological polar surface area (TPSA) is 209 Å². The lowest BCUT2D eigenvalue weighted by atomic mass is 9.95. The lowest BCUT2D eigenvalue weighted by Gasteiger charge is -2.17. The molecule has 2 saturated heterocycles. The first kappa shape index (κ1) is 31.1. The van der Waals surface area contributed by atoms with Crippen LogP contribution in [0.25, 0.3) is 0 Å². The fourth-order valence-corrected chi connectivity index (χ4v) is 5.08. The summed E-state index contributed by atoms with van der Waals surface area (Å²) in [4.78, 5) is 95.9. The highest BCUT2D eigenvalue weighted by molar-refractivity contribution is 6.48. The van der Waals surface area contributed by atoms with Gasteiger partial charge < -0.3 is 21.3 Å². The van der Waals surface area contributed by atoms with E-state index >= 15 is 0 Å². The Morgan fingerprint density at radius 1 is 0.698 bits per heavy atom. The summed E-state index contributed by atoms with van der Waals surface area (Å²) in [6, 6.07) is 1.54. The molecular weight excluding hydrogens is 607 g/mol. The van der Waals surface area contributed by atoms with E-state index in [1.54, 1.807) is 24.3 Å². The Hall–Kier alpha value is -4.82. The molecule has 0 aliphatic carbocycles. The van der Waals surface area contributed by atoms with Crippen LogP contribution in [0.3, 0.4) is 0 Å². The van der Waals surface area contributed by atoms with Crippen molar-refractivity contribution in [1.82, 2.24) is 21.3 Å². The van der Waals surface area contributed by atoms with Gasteiger partial charge in [0.1, 0.15) is 0 Å². The predicted molar refractivity (Wildman–Crippen MR) is 153 cm³/mol. The number of ketones is 2. The van der Waals surface area contributed by atoms with Gasteiger partial charge in [0.25, 0.3) is 35.2 Å². The minimum absolute atomic E-state index is 0.112. The van der Waals surface area contributed by atoms with E-state index in [2.05, 4.69) is 21.3 Å². The number of benzene rings is 2. The quantitative estimate of drug-likeness (QED) is 0.127. The van der Waals surface area contributed by atoms with Crippen molar-refractivity contribution in [2.45, 2.75) is 45.2 Å². The zero-order chi connectivity index (χ0) is 31.6. The van der Waals surface area contributed by atoms with Gasteiger partial charge in [0, 0.05) is 0 Å². The van der Waals surface area contributed by atoms with E-state index in [1.165, 1.54) is 0 Å². The smallest absolute Gasteiger partial charge is 0.319 e. The molecule has 16 heteroatoms. The van der Waals surface area contributed by atoms with E-state index in [4.69, 9.17) is 23.2 Å². The maximum Gasteiger partial charge on any atom is 0.322 e. The van der Waals surface area contributed by atoms with E-state index in [1.807, 2.05) is 24.5 Å². The van der Waals surface area contributed by atoms with Crippen LogP contribution in [0.5, 0.6) is 0 Å². The number of anilines is 2. The number of carbonyl (C=O) groups is 8. The first-order valence-corrected chi connectivity index (χ1v) is 13.6. The first-order valence-electron chi connectivity index (χ1n) is 12.9. The summed E-state index contributed by atoms with van der Waals surface area (Å²) >= 11 is 12.9. The molecule has 2 aliphatic heterocycles. The number of hydrogen-bond donors (Lipinski definition) is 6. The normalized spacial score (nSPS) is 17.5. The lowest BCUT2D eigenvalue weighted by Crippen LogP contribution is -2.44. The Labute approximate surface area is 253 Å². The van der Waals surface area contributed by atoms with E-state index < -0.39 is 59.3 Å². The van der Waals surface area contributed by atoms with Crippen LogP contribution in [-0.2, 0) is 48.0 Å². The summed E-state index contributed by atoms with van der Waals surface area (Å²) in [5.41, 5.74) is 3.18. The summed E-state index contributed by atoms with van der Waals surface area (Å²) in [5, 5.41) is 13.0. The number of nitrogens with one attached hydrogen (secondary N) is 6. The molecule has 2 aromatic carbocycles. The maximum atomic E-state index is 12.6. The van der Waals surface area contributed by atoms with Gasteiger partial charge in [-0.15, -0.1) is 0 Å². The van der Waals surface area contributed by atoms with Crippen LogP contribution in [-0.4, -0.2) is 59.3 Å². The Bertz CT molecular complexity index is 1620. The van der Waals surface area contributed by atoms with Crippen LogP contribution in [0.15, 0.2) is 24.3 Å². The minimum atomic E-state index is -1.64. The fourth-order valence-electron chi connectivity index (χ4n) is 4.54. The highest BCUT2D eigenvalue weighted by Gasteiger charge is 2.40. The van der Waals surface area contributed by atoms with Crippen LogP contribution in [0.4, 0.5) is 21.0 Å². The summed E-state index contributed by atoms with van der Waals surface area (Å²) in [5.74, 6) is -6.44. The molecule has 0 spiro atoms. The van der Waals surface area contributed by atoms with Crippen molar-refractivity contribution in [3.8, 4) is 0 Å². The van der Waals surface area contributed by atoms with Crippen molar-refractivity contribution in [1.29, 1.82) is 0 Å². The van der Waals surface area contributed by atoms with Gasteiger partial charge in [-0.05, 0) is 59.7 Å². The molecule has 0 radical (unpaired) electrons. The molecule has 0 unspecified atom stereocenters. The molecular formula is C27H24Cl2N6O8. The van der Waals surface area contributed by atoms with Crippen LogP contribution >= 0.6 is 23.2 Å². The number of rotatable bonds is 10. The van der Waals surface area contributed by atoms with Crippen molar-refractivity contribution < 1.29 is 38.4 Å². The van der Waals surface area contributed by atoms with E-state index in [9.17, 15) is 38.4 Å². The average molecular weight is 631 g/mol. The molecule has 2 fully saturated rings. The van der Waals surface area contributed by atoms with Gasteiger partial charge in [-0.1, -0.05) is 43.1 Å². The Morgan fingerprint density at radius 2 is 1.23 bits per heavy atom. The van der Waals surface area contributed by atoms with E-state index in [0.29, 0.717) is 24.8 Å². The number of aryl methyl sites for hydroxylation is 2. The SMILES string of the molecule is CCc1cc(NC(=O)C(=O)[C@H]2NC(=O)NC2=O)c(Cl)cc1Cc1cc(Cl)c(NC(=O)C(=O)[C@@H]2NC(=O)NC2=O)c(CC)c1. The second-order valence-electron chi connectivity index (χ2n) is 9.52. The van der Waals surface area contributed by atoms with Crippen molar-refractivity contribution in [2.24, 2.45) is 0 Å². The molecule has 0 aromatic heterocycles. The third-order valence-corrected chi connectivity index (χ3v) is 7.30. The van der Waals surface area contributed by atoms with Crippen LogP contribution in [0.2, 0.25) is 10.0 Å². The highest BCUT2D eigenvalue weighted by atomic mass is 35.5. The monoisotopic (exact) mass is 630 g/mol. The van der Waals surface area contributed by atoms with E-state index in [0.717, 1.165) is 16.7 Å². The minimum Gasteiger partial charge on any atom is -0.319 e. The van der Waals surface area contributed by atoms with Crippen molar-refractivity contribution in [3.63, 3.8) is 0 Å². The van der Waals surface area contributed by atoms with E-state index in [-0.39, 0.29) is 21.4 Å². The first-order chi connectivity index (χ1) is 20.3. The number of urea groups is 2. The number of amides is 8. The molecule has 6 N–H and O–H groups in total. The summed E-state index contributed by atoms with van der Waals surface area (Å²) in [6.45, 7) is 3.68. The molecule has 2 heterocycles. The molecule has 14 nitrogen and oxygen atoms in total. The summed E-state index contributed by atoms with van der Waals surface area (Å²) in [7, 11) is 0. The number of halogens is 2. The third-order valence-electron chi connectivity index (χ3n) is 6.68. The molecule has 0 bridgehead atoms. The van der Waals surface area contributed by atoms with Crippen molar-refractivity contribution in [3.05, 3.63) is 56.6 Å². The van der Waals surface area contributed by atoms with Gasteiger partial charge in [0.05, 0.1) is 21.4 Å². The van der Waals surface area contributed by atoms with Gasteiger partial charge in [-0.3, -0.25) is 39.4 Å². The lowest BCUT2D eigenvalue weighted by molar-refractivity contribution is -0.138. The summed E-state index contributed by atoms with van der Waals surface area (Å²) in [6.07, 6.45) is 1.26. The largest absolute Gasteiger partial charge is 0.322 e.